The smallest absolute Gasteiger partial charge is 0.179 e. The first-order chi connectivity index (χ1) is 26.3. The number of rotatable bonds is 9. The number of benzene rings is 4. The second kappa shape index (κ2) is 17.9. The number of Topliss-reactive ketones (excluding diaryl/α,β-unsaturated/α-hetero) is 2. The summed E-state index contributed by atoms with van der Waals surface area (Å²) in [7, 11) is 0. The summed E-state index contributed by atoms with van der Waals surface area (Å²) in [5.41, 5.74) is 2.63. The first-order valence-electron chi connectivity index (χ1n) is 19.6. The van der Waals surface area contributed by atoms with Crippen LogP contribution in [0.25, 0.3) is 0 Å². The van der Waals surface area contributed by atoms with Crippen molar-refractivity contribution >= 4 is 27.5 Å². The Morgan fingerprint density at radius 3 is 1.42 bits per heavy atom. The number of ketones is 2. The molecule has 2 saturated carbocycles. The van der Waals surface area contributed by atoms with Gasteiger partial charge in [-0.15, -0.1) is 0 Å². The molecule has 2 saturated heterocycles. The Balaban J connectivity index is 0.000000155. The first-order valence-corrected chi connectivity index (χ1v) is 20.5. The van der Waals surface area contributed by atoms with Gasteiger partial charge in [-0.25, -0.2) is 0 Å². The van der Waals surface area contributed by atoms with E-state index >= 15 is 0 Å². The average molecular weight is 812 g/mol. The summed E-state index contributed by atoms with van der Waals surface area (Å²) < 4.78 is 0. The van der Waals surface area contributed by atoms with Crippen LogP contribution in [0, 0.1) is 23.7 Å². The molecule has 4 fully saturated rings. The van der Waals surface area contributed by atoms with Gasteiger partial charge in [-0.2, -0.15) is 0 Å². The number of fused-ring (bicyclic) bond motifs is 2. The Hall–Kier alpha value is -3.86. The average Bonchev–Trinajstić information content (AvgIpc) is 3.92. The number of carbonyl (C=O) groups excluding carboxylic acids is 2. The van der Waals surface area contributed by atoms with E-state index in [-0.39, 0.29) is 33.9 Å². The summed E-state index contributed by atoms with van der Waals surface area (Å²) >= 11 is 3.18. The minimum Gasteiger partial charge on any atom is -0.508 e. The highest BCUT2D eigenvalue weighted by molar-refractivity contribution is 9.10. The SMILES string of the molecule is CC(Br)C(=O)c1ccc(O)cc1.CC(C(=O)c1ccc(O)cc1)N1C[C@@H]2CC(O)(Cc3ccccc3)C[C@@H]2C1.OC1(Cc2ccccc2)C[C@H]2CNC[C@H]2C1. The van der Waals surface area contributed by atoms with Crippen LogP contribution in [0.5, 0.6) is 11.5 Å². The molecule has 8 nitrogen and oxygen atoms in total. The van der Waals surface area contributed by atoms with Crippen LogP contribution in [-0.2, 0) is 12.8 Å². The van der Waals surface area contributed by atoms with E-state index in [9.17, 15) is 24.9 Å². The van der Waals surface area contributed by atoms with Crippen LogP contribution in [0.1, 0.15) is 71.4 Å². The highest BCUT2D eigenvalue weighted by Gasteiger charge is 2.49. The summed E-state index contributed by atoms with van der Waals surface area (Å²) in [6, 6.07) is 33.1. The lowest BCUT2D eigenvalue weighted by Crippen LogP contribution is -2.39. The molecule has 2 aliphatic heterocycles. The maximum atomic E-state index is 12.8. The zero-order chi connectivity index (χ0) is 39.2. The van der Waals surface area contributed by atoms with E-state index in [0.29, 0.717) is 41.2 Å². The molecule has 55 heavy (non-hydrogen) atoms. The first kappa shape index (κ1) is 40.8. The third kappa shape index (κ3) is 10.7. The predicted octanol–water partition coefficient (Wildman–Crippen LogP) is 7.23. The minimum absolute atomic E-state index is 0.0231. The van der Waals surface area contributed by atoms with Gasteiger partial charge in [0.1, 0.15) is 11.5 Å². The van der Waals surface area contributed by atoms with Gasteiger partial charge in [0.05, 0.1) is 22.1 Å². The molecular weight excluding hydrogens is 756 g/mol. The maximum absolute atomic E-state index is 12.8. The number of halogens is 1. The number of nitrogens with zero attached hydrogens (tertiary/aromatic N) is 1. The Kier molecular flexibility index (Phi) is 13.3. The normalized spacial score (nSPS) is 27.8. The molecule has 9 heteroatoms. The van der Waals surface area contributed by atoms with Crippen LogP contribution in [0.2, 0.25) is 0 Å². The van der Waals surface area contributed by atoms with Crippen LogP contribution in [0.15, 0.2) is 109 Å². The van der Waals surface area contributed by atoms with E-state index < -0.39 is 11.2 Å². The highest BCUT2D eigenvalue weighted by atomic mass is 79.9. The molecule has 4 unspecified atom stereocenters. The van der Waals surface area contributed by atoms with E-state index in [2.05, 4.69) is 62.5 Å². The van der Waals surface area contributed by atoms with Crippen LogP contribution >= 0.6 is 15.9 Å². The number of likely N-dealkylation sites (tertiary alicyclic amines) is 1. The van der Waals surface area contributed by atoms with Gasteiger partial charge in [-0.1, -0.05) is 76.6 Å². The number of phenolic OH excluding ortho intramolecular Hbond substituents is 2. The second-order valence-corrected chi connectivity index (χ2v) is 17.7. The van der Waals surface area contributed by atoms with Crippen molar-refractivity contribution in [2.24, 2.45) is 23.7 Å². The van der Waals surface area contributed by atoms with Crippen molar-refractivity contribution in [1.82, 2.24) is 10.2 Å². The number of alkyl halides is 1. The van der Waals surface area contributed by atoms with Crippen molar-refractivity contribution < 1.29 is 30.0 Å². The Bertz CT molecular complexity index is 1830. The number of carbonyl (C=O) groups is 2. The molecule has 0 radical (unpaired) electrons. The van der Waals surface area contributed by atoms with Gasteiger partial charge in [0.15, 0.2) is 11.6 Å². The van der Waals surface area contributed by atoms with Crippen LogP contribution in [0.3, 0.4) is 0 Å². The molecule has 5 N–H and O–H groups in total. The van der Waals surface area contributed by atoms with E-state index in [4.69, 9.17) is 5.11 Å². The molecule has 4 aromatic rings. The van der Waals surface area contributed by atoms with E-state index in [1.807, 2.05) is 31.2 Å². The number of phenols is 2. The van der Waals surface area contributed by atoms with Crippen molar-refractivity contribution in [3.05, 3.63) is 131 Å². The lowest BCUT2D eigenvalue weighted by atomic mass is 9.91. The summed E-state index contributed by atoms with van der Waals surface area (Å²) in [6.45, 7) is 7.67. The molecule has 4 aromatic carbocycles. The monoisotopic (exact) mass is 810 g/mol. The van der Waals surface area contributed by atoms with E-state index in [1.165, 1.54) is 23.3 Å². The van der Waals surface area contributed by atoms with Crippen LogP contribution in [0.4, 0.5) is 0 Å². The molecule has 8 atom stereocenters. The largest absolute Gasteiger partial charge is 0.508 e. The van der Waals surface area contributed by atoms with Crippen molar-refractivity contribution in [3.63, 3.8) is 0 Å². The summed E-state index contributed by atoms with van der Waals surface area (Å²) in [6.07, 6.45) is 5.09. The number of aliphatic hydroxyl groups is 2. The predicted molar refractivity (Wildman–Crippen MR) is 220 cm³/mol. The zero-order valence-electron chi connectivity index (χ0n) is 31.9. The highest BCUT2D eigenvalue weighted by Crippen LogP contribution is 2.46. The van der Waals surface area contributed by atoms with Crippen molar-refractivity contribution in [2.45, 2.75) is 74.4 Å². The topological polar surface area (TPSA) is 130 Å². The van der Waals surface area contributed by atoms with E-state index in [0.717, 1.165) is 58.3 Å². The lowest BCUT2D eigenvalue weighted by Gasteiger charge is -2.28. The number of aromatic hydroxyl groups is 2. The zero-order valence-corrected chi connectivity index (χ0v) is 33.4. The Morgan fingerprint density at radius 2 is 1.02 bits per heavy atom. The third-order valence-corrected chi connectivity index (χ3v) is 12.4. The second-order valence-electron chi connectivity index (χ2n) is 16.4. The van der Waals surface area contributed by atoms with E-state index in [1.54, 1.807) is 43.3 Å². The number of nitrogens with one attached hydrogen (secondary N) is 1. The van der Waals surface area contributed by atoms with Gasteiger partial charge >= 0.3 is 0 Å². The minimum atomic E-state index is -0.618. The van der Waals surface area contributed by atoms with Crippen molar-refractivity contribution in [2.75, 3.05) is 26.2 Å². The van der Waals surface area contributed by atoms with Crippen molar-refractivity contribution in [1.29, 1.82) is 0 Å². The Morgan fingerprint density at radius 1 is 0.636 bits per heavy atom. The van der Waals surface area contributed by atoms with Gasteiger partial charge < -0.3 is 25.7 Å². The van der Waals surface area contributed by atoms with Gasteiger partial charge in [0.25, 0.3) is 0 Å². The van der Waals surface area contributed by atoms with Crippen LogP contribution in [-0.4, -0.2) is 85.1 Å². The molecule has 0 aromatic heterocycles. The number of hydrogen-bond donors (Lipinski definition) is 5. The van der Waals surface area contributed by atoms with Gasteiger partial charge in [-0.05, 0) is 136 Å². The summed E-state index contributed by atoms with van der Waals surface area (Å²) in [5.74, 6) is 2.77. The van der Waals surface area contributed by atoms with Gasteiger partial charge in [-0.3, -0.25) is 14.5 Å². The fraction of sp³-hybridized carbons (Fsp3) is 0.435. The maximum Gasteiger partial charge on any atom is 0.179 e. The molecule has 2 heterocycles. The van der Waals surface area contributed by atoms with Gasteiger partial charge in [0, 0.05) is 37.1 Å². The molecule has 0 spiro atoms. The standard InChI is InChI=1S/C23H27NO3.C14H19NO.C9H9BrO2/c1-16(22(26)18-7-9-21(25)10-8-18)24-14-19-12-23(27,13-20(19)15-24)11-17-5-3-2-4-6-17;16-14(6-11-4-2-1-3-5-11)7-12-9-15-10-13(12)8-14;1-6(10)9(12)7-2-4-8(11)5-3-7/h2-10,16,19-20,25,27H,11-15H2,1H3;1-5,12-13,15-16H,6-10H2;2-6,11H,1H3/t16?,19-,20+,23?;12-,13+,14?;. The fourth-order valence-corrected chi connectivity index (χ4v) is 9.53. The molecular formula is C46H55BrN2O6. The van der Waals surface area contributed by atoms with Gasteiger partial charge in [0.2, 0.25) is 0 Å². The molecule has 4 aliphatic rings. The Labute approximate surface area is 333 Å². The molecule has 2 aliphatic carbocycles. The summed E-state index contributed by atoms with van der Waals surface area (Å²) in [5, 5.41) is 43.5. The lowest BCUT2D eigenvalue weighted by molar-refractivity contribution is 0.0337. The number of hydrogen-bond acceptors (Lipinski definition) is 8. The van der Waals surface area contributed by atoms with Crippen LogP contribution < -0.4 is 5.32 Å². The fourth-order valence-electron chi connectivity index (χ4n) is 9.27. The molecule has 0 amide bonds. The molecule has 8 rings (SSSR count). The van der Waals surface area contributed by atoms with Crippen molar-refractivity contribution in [3.8, 4) is 11.5 Å². The molecule has 292 valence electrons. The third-order valence-electron chi connectivity index (χ3n) is 12.0. The molecule has 0 bridgehead atoms. The summed E-state index contributed by atoms with van der Waals surface area (Å²) in [4.78, 5) is 26.2. The quantitative estimate of drug-likeness (QED) is 0.0886.